The normalized spacial score (nSPS) is 20.4. The molecular weight excluding hydrogens is 397 g/mol. The number of nitrogens with zero attached hydrogens (tertiary/aromatic N) is 1. The van der Waals surface area contributed by atoms with E-state index in [1.54, 1.807) is 39.8 Å². The van der Waals surface area contributed by atoms with Crippen LogP contribution in [0.2, 0.25) is 0 Å². The molecule has 0 bridgehead atoms. The fraction of sp³-hybridized carbons (Fsp3) is 0.400. The minimum Gasteiger partial charge on any atom is -0.454 e. The Labute approximate surface area is 180 Å². The highest BCUT2D eigenvalue weighted by Crippen LogP contribution is 2.47. The van der Waals surface area contributed by atoms with Gasteiger partial charge in [-0.25, -0.2) is 4.39 Å². The number of ketones is 2. The Hall–Kier alpha value is -3.04. The molecule has 4 rings (SSSR count). The topological polar surface area (TPSA) is 76.4 Å². The molecule has 31 heavy (non-hydrogen) atoms. The monoisotopic (exact) mass is 421 g/mol. The van der Waals surface area contributed by atoms with Gasteiger partial charge in [0.2, 0.25) is 0 Å². The molecule has 2 aromatic rings. The largest absolute Gasteiger partial charge is 0.454 e. The molecule has 2 fully saturated rings. The number of carbonyl (C=O) groups excluding carboxylic acids is 2. The summed E-state index contributed by atoms with van der Waals surface area (Å²) < 4.78 is 25.8. The van der Waals surface area contributed by atoms with E-state index >= 15 is 0 Å². The van der Waals surface area contributed by atoms with Gasteiger partial charge in [0.25, 0.3) is 0 Å². The highest BCUT2D eigenvalue weighted by molar-refractivity contribution is 6.15. The molecule has 0 N–H and O–H groups in total. The number of ether oxygens (including phenoxy) is 2. The van der Waals surface area contributed by atoms with Crippen LogP contribution in [0, 0.1) is 17.1 Å². The van der Waals surface area contributed by atoms with Crippen LogP contribution in [-0.2, 0) is 14.3 Å². The minimum atomic E-state index is -1.12. The van der Waals surface area contributed by atoms with E-state index in [9.17, 15) is 14.0 Å². The smallest absolute Gasteiger partial charge is 0.179 e. The quantitative estimate of drug-likeness (QED) is 0.636. The van der Waals surface area contributed by atoms with Crippen LogP contribution in [0.4, 0.5) is 4.39 Å². The number of benzene rings is 2. The van der Waals surface area contributed by atoms with Gasteiger partial charge in [0.15, 0.2) is 23.1 Å². The zero-order chi connectivity index (χ0) is 22.6. The van der Waals surface area contributed by atoms with E-state index in [2.05, 4.69) is 0 Å². The lowest BCUT2D eigenvalue weighted by molar-refractivity contribution is -0.184. The Morgan fingerprint density at radius 2 is 1.65 bits per heavy atom. The summed E-state index contributed by atoms with van der Waals surface area (Å²) in [5.41, 5.74) is -0.431. The molecule has 1 heterocycles. The van der Waals surface area contributed by atoms with Crippen LogP contribution in [0.15, 0.2) is 36.4 Å². The molecule has 1 saturated carbocycles. The molecule has 2 aliphatic rings. The van der Waals surface area contributed by atoms with Crippen LogP contribution in [0.25, 0.3) is 0 Å². The lowest BCUT2D eigenvalue weighted by atomic mass is 9.73. The maximum atomic E-state index is 14.2. The predicted molar refractivity (Wildman–Crippen MR) is 112 cm³/mol. The van der Waals surface area contributed by atoms with E-state index in [1.807, 2.05) is 12.1 Å². The van der Waals surface area contributed by atoms with Gasteiger partial charge in [-0.2, -0.15) is 5.26 Å². The minimum absolute atomic E-state index is 0.0885. The van der Waals surface area contributed by atoms with E-state index in [0.717, 1.165) is 18.4 Å². The first-order chi connectivity index (χ1) is 14.5. The van der Waals surface area contributed by atoms with Crippen molar-refractivity contribution in [1.29, 1.82) is 5.26 Å². The van der Waals surface area contributed by atoms with Crippen molar-refractivity contribution < 1.29 is 23.5 Å². The summed E-state index contributed by atoms with van der Waals surface area (Å²) in [4.78, 5) is 26.5. The van der Waals surface area contributed by atoms with Crippen molar-refractivity contribution in [2.45, 2.75) is 63.6 Å². The van der Waals surface area contributed by atoms with E-state index < -0.39 is 22.9 Å². The van der Waals surface area contributed by atoms with Crippen molar-refractivity contribution in [3.8, 4) is 17.6 Å². The number of halogens is 1. The number of hydrogen-bond donors (Lipinski definition) is 0. The van der Waals surface area contributed by atoms with Gasteiger partial charge in [-0.3, -0.25) is 9.59 Å². The maximum Gasteiger partial charge on any atom is 0.179 e. The van der Waals surface area contributed by atoms with Crippen molar-refractivity contribution in [3.05, 3.63) is 58.9 Å². The van der Waals surface area contributed by atoms with Gasteiger partial charge in [0.05, 0.1) is 11.6 Å². The van der Waals surface area contributed by atoms with Gasteiger partial charge in [0.1, 0.15) is 22.9 Å². The van der Waals surface area contributed by atoms with Gasteiger partial charge in [0, 0.05) is 6.07 Å². The lowest BCUT2D eigenvalue weighted by Crippen LogP contribution is -2.58. The highest BCUT2D eigenvalue weighted by atomic mass is 19.1. The van der Waals surface area contributed by atoms with Gasteiger partial charge < -0.3 is 9.47 Å². The highest BCUT2D eigenvalue weighted by Gasteiger charge is 2.53. The summed E-state index contributed by atoms with van der Waals surface area (Å²) in [6.45, 7) is 6.71. The van der Waals surface area contributed by atoms with Gasteiger partial charge >= 0.3 is 0 Å². The molecule has 160 valence electrons. The SMILES string of the molecule is CC1(C)OC(C)(C)C(=O)C(c2cc(Oc3cc(C#N)ccc3F)ccc2C2CC2)C1=O. The second-order valence-corrected chi connectivity index (χ2v) is 9.21. The molecule has 6 heteroatoms. The summed E-state index contributed by atoms with van der Waals surface area (Å²) in [5, 5.41) is 9.08. The second kappa shape index (κ2) is 7.28. The maximum absolute atomic E-state index is 14.2. The van der Waals surface area contributed by atoms with Crippen molar-refractivity contribution in [2.24, 2.45) is 0 Å². The van der Waals surface area contributed by atoms with E-state index in [4.69, 9.17) is 14.7 Å². The van der Waals surface area contributed by atoms with Crippen LogP contribution in [0.1, 0.15) is 69.1 Å². The average Bonchev–Trinajstić information content (AvgIpc) is 3.53. The molecule has 0 radical (unpaired) electrons. The molecule has 1 saturated heterocycles. The Morgan fingerprint density at radius 3 is 2.23 bits per heavy atom. The Balaban J connectivity index is 1.79. The predicted octanol–water partition coefficient (Wildman–Crippen LogP) is 5.18. The summed E-state index contributed by atoms with van der Waals surface area (Å²) in [6.07, 6.45) is 1.98. The molecular formula is C25H24FNO4. The van der Waals surface area contributed by atoms with Crippen LogP contribution in [0.5, 0.6) is 11.5 Å². The average molecular weight is 421 g/mol. The molecule has 5 nitrogen and oxygen atoms in total. The van der Waals surface area contributed by atoms with Crippen LogP contribution in [0.3, 0.4) is 0 Å². The molecule has 0 aromatic heterocycles. The third kappa shape index (κ3) is 3.86. The Bertz CT molecular complexity index is 1100. The van der Waals surface area contributed by atoms with Crippen molar-refractivity contribution in [1.82, 2.24) is 0 Å². The Kier molecular flexibility index (Phi) is 4.98. The fourth-order valence-electron chi connectivity index (χ4n) is 4.25. The standard InChI is InChI=1S/C25H24FNO4/c1-24(2)22(28)21(23(29)25(3,4)31-24)18-12-16(8-9-17(18)15-6-7-15)30-20-11-14(13-27)5-10-19(20)26/h5,8-12,15,21H,6-7H2,1-4H3. The Morgan fingerprint density at radius 1 is 1.00 bits per heavy atom. The molecule has 1 aliphatic carbocycles. The van der Waals surface area contributed by atoms with Crippen molar-refractivity contribution >= 4 is 11.6 Å². The summed E-state index contributed by atoms with van der Waals surface area (Å²) in [7, 11) is 0. The first-order valence-corrected chi connectivity index (χ1v) is 10.3. The summed E-state index contributed by atoms with van der Waals surface area (Å²) in [5.74, 6) is -1.68. The van der Waals surface area contributed by atoms with Crippen molar-refractivity contribution in [2.75, 3.05) is 0 Å². The number of carbonyl (C=O) groups is 2. The summed E-state index contributed by atoms with van der Waals surface area (Å²) >= 11 is 0. The number of hydrogen-bond acceptors (Lipinski definition) is 5. The first kappa shape index (κ1) is 21.2. The van der Waals surface area contributed by atoms with Gasteiger partial charge in [-0.05, 0) is 81.8 Å². The van der Waals surface area contributed by atoms with Gasteiger partial charge in [-0.1, -0.05) is 6.07 Å². The number of rotatable bonds is 4. The third-order valence-electron chi connectivity index (χ3n) is 5.90. The van der Waals surface area contributed by atoms with E-state index in [0.29, 0.717) is 11.3 Å². The molecule has 0 atom stereocenters. The van der Waals surface area contributed by atoms with Crippen LogP contribution >= 0.6 is 0 Å². The third-order valence-corrected chi connectivity index (χ3v) is 5.90. The zero-order valence-electron chi connectivity index (χ0n) is 18.0. The summed E-state index contributed by atoms with van der Waals surface area (Å²) in [6, 6.07) is 11.0. The second-order valence-electron chi connectivity index (χ2n) is 9.21. The molecule has 0 amide bonds. The zero-order valence-corrected chi connectivity index (χ0v) is 18.0. The first-order valence-electron chi connectivity index (χ1n) is 10.3. The van der Waals surface area contributed by atoms with E-state index in [1.165, 1.54) is 18.2 Å². The van der Waals surface area contributed by atoms with Crippen molar-refractivity contribution in [3.63, 3.8) is 0 Å². The molecule has 0 unspecified atom stereocenters. The van der Waals surface area contributed by atoms with E-state index in [-0.39, 0.29) is 28.8 Å². The van der Waals surface area contributed by atoms with Crippen LogP contribution < -0.4 is 4.74 Å². The fourth-order valence-corrected chi connectivity index (χ4v) is 4.25. The molecule has 1 aliphatic heterocycles. The molecule has 0 spiro atoms. The number of Topliss-reactive ketones (excluding diaryl/α,β-unsaturated/α-hetero) is 2. The lowest BCUT2D eigenvalue weighted by Gasteiger charge is -2.43. The number of nitriles is 1. The molecule has 2 aromatic carbocycles. The van der Waals surface area contributed by atoms with Crippen LogP contribution in [-0.4, -0.2) is 22.8 Å². The van der Waals surface area contributed by atoms with Gasteiger partial charge in [-0.15, -0.1) is 0 Å².